The lowest BCUT2D eigenvalue weighted by atomic mass is 10.4. The Kier molecular flexibility index (Phi) is 4.53. The Hall–Kier alpha value is -2.42. The van der Waals surface area contributed by atoms with Gasteiger partial charge in [-0.15, -0.1) is 0 Å². The average Bonchev–Trinajstić information content (AvgIpc) is 2.88. The van der Waals surface area contributed by atoms with Gasteiger partial charge in [0.05, 0.1) is 25.5 Å². The van der Waals surface area contributed by atoms with Gasteiger partial charge in [0.15, 0.2) is 5.82 Å². The highest BCUT2D eigenvalue weighted by atomic mass is 35.5. The van der Waals surface area contributed by atoms with Crippen molar-refractivity contribution in [2.24, 2.45) is 0 Å². The SMILES string of the molecule is COC(=O)Cn1ncc(NCc2nc(C)no2)c(Cl)c1=O. The van der Waals surface area contributed by atoms with Crippen molar-refractivity contribution in [1.82, 2.24) is 19.9 Å². The summed E-state index contributed by atoms with van der Waals surface area (Å²) < 4.78 is 10.3. The van der Waals surface area contributed by atoms with Crippen molar-refractivity contribution in [3.05, 3.63) is 33.3 Å². The van der Waals surface area contributed by atoms with Crippen LogP contribution in [0.2, 0.25) is 5.02 Å². The van der Waals surface area contributed by atoms with Gasteiger partial charge in [-0.2, -0.15) is 10.1 Å². The van der Waals surface area contributed by atoms with Crippen LogP contribution in [0.25, 0.3) is 0 Å². The third kappa shape index (κ3) is 3.57. The van der Waals surface area contributed by atoms with Crippen LogP contribution in [0, 0.1) is 6.92 Å². The number of carbonyl (C=O) groups is 1. The summed E-state index contributed by atoms with van der Waals surface area (Å²) in [6.07, 6.45) is 1.33. The van der Waals surface area contributed by atoms with Crippen molar-refractivity contribution in [1.29, 1.82) is 0 Å². The maximum atomic E-state index is 11.9. The molecule has 0 bridgehead atoms. The monoisotopic (exact) mass is 313 g/mol. The van der Waals surface area contributed by atoms with Crippen molar-refractivity contribution in [3.8, 4) is 0 Å². The molecule has 10 heteroatoms. The molecule has 0 spiro atoms. The standard InChI is InChI=1S/C11H12ClN5O4/c1-6-15-8(21-16-6)4-13-7-3-14-17(5-9(18)20-2)11(19)10(7)12/h3,13H,4-5H2,1-2H3. The molecule has 21 heavy (non-hydrogen) atoms. The molecule has 0 aliphatic carbocycles. The van der Waals surface area contributed by atoms with Crippen LogP contribution < -0.4 is 10.9 Å². The number of rotatable bonds is 5. The zero-order valence-electron chi connectivity index (χ0n) is 11.3. The van der Waals surface area contributed by atoms with Gasteiger partial charge in [0.1, 0.15) is 11.6 Å². The Labute approximate surface area is 123 Å². The summed E-state index contributed by atoms with van der Waals surface area (Å²) in [7, 11) is 1.22. The van der Waals surface area contributed by atoms with E-state index in [0.717, 1.165) is 4.68 Å². The lowest BCUT2D eigenvalue weighted by Gasteiger charge is -2.08. The second-order valence-electron chi connectivity index (χ2n) is 4.00. The minimum Gasteiger partial charge on any atom is -0.468 e. The number of esters is 1. The van der Waals surface area contributed by atoms with Crippen LogP contribution in [0.4, 0.5) is 5.69 Å². The number of aromatic nitrogens is 4. The maximum absolute atomic E-state index is 11.9. The Morgan fingerprint density at radius 1 is 1.57 bits per heavy atom. The Bertz CT molecular complexity index is 711. The number of hydrogen-bond acceptors (Lipinski definition) is 8. The summed E-state index contributed by atoms with van der Waals surface area (Å²) in [6.45, 7) is 1.58. The molecule has 0 fully saturated rings. The predicted octanol–water partition coefficient (Wildman–Crippen LogP) is 0.373. The third-order valence-corrected chi connectivity index (χ3v) is 2.86. The topological polar surface area (TPSA) is 112 Å². The van der Waals surface area contributed by atoms with Crippen LogP contribution in [-0.2, 0) is 22.6 Å². The number of aryl methyl sites for hydroxylation is 1. The van der Waals surface area contributed by atoms with Crippen LogP contribution in [0.1, 0.15) is 11.7 Å². The van der Waals surface area contributed by atoms with Crippen LogP contribution in [0.5, 0.6) is 0 Å². The number of hydrogen-bond donors (Lipinski definition) is 1. The molecule has 2 aromatic rings. The van der Waals surface area contributed by atoms with Crippen molar-refractivity contribution in [2.75, 3.05) is 12.4 Å². The molecule has 2 rings (SSSR count). The molecule has 0 aliphatic rings. The number of carbonyl (C=O) groups excluding carboxylic acids is 1. The fourth-order valence-electron chi connectivity index (χ4n) is 1.47. The van der Waals surface area contributed by atoms with E-state index in [4.69, 9.17) is 16.1 Å². The normalized spacial score (nSPS) is 10.4. The first kappa shape index (κ1) is 15.0. The molecule has 2 heterocycles. The van der Waals surface area contributed by atoms with E-state index in [1.165, 1.54) is 13.3 Å². The predicted molar refractivity (Wildman–Crippen MR) is 71.9 cm³/mol. The molecule has 0 aliphatic heterocycles. The lowest BCUT2D eigenvalue weighted by molar-refractivity contribution is -0.141. The minimum atomic E-state index is -0.603. The van der Waals surface area contributed by atoms with Crippen LogP contribution in [0.3, 0.4) is 0 Å². The van der Waals surface area contributed by atoms with E-state index in [0.29, 0.717) is 17.4 Å². The number of halogens is 1. The highest BCUT2D eigenvalue weighted by Crippen LogP contribution is 2.16. The molecule has 0 aromatic carbocycles. The van der Waals surface area contributed by atoms with Gasteiger partial charge in [-0.1, -0.05) is 16.8 Å². The van der Waals surface area contributed by atoms with Gasteiger partial charge in [-0.3, -0.25) is 9.59 Å². The smallest absolute Gasteiger partial charge is 0.327 e. The van der Waals surface area contributed by atoms with Crippen molar-refractivity contribution in [2.45, 2.75) is 20.0 Å². The molecule has 0 atom stereocenters. The second kappa shape index (κ2) is 6.35. The molecular formula is C11H12ClN5O4. The molecule has 1 N–H and O–H groups in total. The van der Waals surface area contributed by atoms with Crippen molar-refractivity contribution >= 4 is 23.3 Å². The fourth-order valence-corrected chi connectivity index (χ4v) is 1.68. The van der Waals surface area contributed by atoms with E-state index in [-0.39, 0.29) is 18.1 Å². The highest BCUT2D eigenvalue weighted by Gasteiger charge is 2.12. The van der Waals surface area contributed by atoms with E-state index in [1.54, 1.807) is 6.92 Å². The minimum absolute atomic E-state index is 0.0925. The van der Waals surface area contributed by atoms with Gasteiger partial charge < -0.3 is 14.6 Å². The third-order valence-electron chi connectivity index (χ3n) is 2.49. The second-order valence-corrected chi connectivity index (χ2v) is 4.38. The molecule has 0 amide bonds. The van der Waals surface area contributed by atoms with E-state index in [2.05, 4.69) is 25.3 Å². The number of ether oxygens (including phenoxy) is 1. The van der Waals surface area contributed by atoms with Gasteiger partial charge >= 0.3 is 5.97 Å². The Morgan fingerprint density at radius 3 is 2.95 bits per heavy atom. The van der Waals surface area contributed by atoms with E-state index >= 15 is 0 Å². The quantitative estimate of drug-likeness (QED) is 0.788. The summed E-state index contributed by atoms with van der Waals surface area (Å²) >= 11 is 5.94. The Morgan fingerprint density at radius 2 is 2.33 bits per heavy atom. The number of anilines is 1. The summed E-state index contributed by atoms with van der Waals surface area (Å²) in [6, 6.07) is 0. The molecule has 2 aromatic heterocycles. The van der Waals surface area contributed by atoms with E-state index in [9.17, 15) is 9.59 Å². The summed E-state index contributed by atoms with van der Waals surface area (Å²) in [4.78, 5) is 27.1. The molecule has 9 nitrogen and oxygen atoms in total. The number of methoxy groups -OCH3 is 1. The lowest BCUT2D eigenvalue weighted by Crippen LogP contribution is -2.28. The summed E-state index contributed by atoms with van der Waals surface area (Å²) in [5.41, 5.74) is -0.299. The van der Waals surface area contributed by atoms with Gasteiger partial charge in [-0.05, 0) is 6.92 Å². The fraction of sp³-hybridized carbons (Fsp3) is 0.364. The zero-order valence-corrected chi connectivity index (χ0v) is 12.0. The molecule has 0 unspecified atom stereocenters. The van der Waals surface area contributed by atoms with Gasteiger partial charge in [0.2, 0.25) is 5.89 Å². The van der Waals surface area contributed by atoms with E-state index in [1.807, 2.05) is 0 Å². The Balaban J connectivity index is 2.13. The first-order valence-corrected chi connectivity index (χ1v) is 6.24. The first-order chi connectivity index (χ1) is 10.0. The zero-order chi connectivity index (χ0) is 15.4. The molecular weight excluding hydrogens is 302 g/mol. The molecule has 0 saturated carbocycles. The molecule has 112 valence electrons. The van der Waals surface area contributed by atoms with Crippen LogP contribution in [-0.4, -0.2) is 33.0 Å². The summed E-state index contributed by atoms with van der Waals surface area (Å²) in [5.74, 6) is 0.259. The number of nitrogens with one attached hydrogen (secondary N) is 1. The van der Waals surface area contributed by atoms with Gasteiger partial charge in [0, 0.05) is 0 Å². The maximum Gasteiger partial charge on any atom is 0.327 e. The van der Waals surface area contributed by atoms with E-state index < -0.39 is 11.5 Å². The number of nitrogens with zero attached hydrogens (tertiary/aromatic N) is 4. The average molecular weight is 314 g/mol. The molecule has 0 saturated heterocycles. The van der Waals surface area contributed by atoms with Crippen molar-refractivity contribution in [3.63, 3.8) is 0 Å². The van der Waals surface area contributed by atoms with Crippen molar-refractivity contribution < 1.29 is 14.1 Å². The summed E-state index contributed by atoms with van der Waals surface area (Å²) in [5, 5.41) is 10.2. The van der Waals surface area contributed by atoms with Gasteiger partial charge in [-0.25, -0.2) is 4.68 Å². The largest absolute Gasteiger partial charge is 0.468 e. The first-order valence-electron chi connectivity index (χ1n) is 5.86. The highest BCUT2D eigenvalue weighted by molar-refractivity contribution is 6.32. The van der Waals surface area contributed by atoms with Gasteiger partial charge in [0.25, 0.3) is 5.56 Å². The molecule has 0 radical (unpaired) electrons. The van der Waals surface area contributed by atoms with Crippen LogP contribution >= 0.6 is 11.6 Å². The van der Waals surface area contributed by atoms with Crippen LogP contribution in [0.15, 0.2) is 15.5 Å².